The Morgan fingerprint density at radius 1 is 1.06 bits per heavy atom. The van der Waals surface area contributed by atoms with E-state index in [0.717, 1.165) is 49.9 Å². The second-order valence-electron chi connectivity index (χ2n) is 8.45. The number of nitrogens with zero attached hydrogens (tertiary/aromatic N) is 4. The molecule has 3 heterocycles. The number of aromatic nitrogens is 2. The first kappa shape index (κ1) is 20.2. The van der Waals surface area contributed by atoms with Gasteiger partial charge in [0.2, 0.25) is 5.88 Å². The number of ether oxygens (including phenoxy) is 1. The van der Waals surface area contributed by atoms with Crippen molar-refractivity contribution in [3.63, 3.8) is 0 Å². The van der Waals surface area contributed by atoms with E-state index in [0.29, 0.717) is 25.0 Å². The number of fused-ring (bicyclic) bond motifs is 1. The van der Waals surface area contributed by atoms with Crippen LogP contribution in [0.3, 0.4) is 0 Å². The first-order chi connectivity index (χ1) is 14.9. The van der Waals surface area contributed by atoms with Gasteiger partial charge in [0.1, 0.15) is 0 Å². The van der Waals surface area contributed by atoms with Crippen LogP contribution in [0.25, 0.3) is 0 Å². The molecule has 3 aliphatic rings. The van der Waals surface area contributed by atoms with E-state index in [-0.39, 0.29) is 17.8 Å². The highest BCUT2D eigenvalue weighted by atomic mass is 19.4. The maximum Gasteiger partial charge on any atom is 0.416 e. The number of alkyl halides is 3. The lowest BCUT2D eigenvalue weighted by molar-refractivity contribution is -0.137. The predicted octanol–water partition coefficient (Wildman–Crippen LogP) is 4.05. The summed E-state index contributed by atoms with van der Waals surface area (Å²) >= 11 is 0. The molecular weight excluding hydrogens is 409 g/mol. The van der Waals surface area contributed by atoms with Gasteiger partial charge in [-0.2, -0.15) is 13.2 Å². The lowest BCUT2D eigenvalue weighted by Crippen LogP contribution is -2.53. The highest BCUT2D eigenvalue weighted by molar-refractivity contribution is 5.94. The summed E-state index contributed by atoms with van der Waals surface area (Å²) in [5, 5.41) is 0. The molecular formula is C22H23F3N4O2. The van der Waals surface area contributed by atoms with Crippen LogP contribution in [0.15, 0.2) is 36.7 Å². The van der Waals surface area contributed by atoms with Gasteiger partial charge in [0.15, 0.2) is 6.23 Å². The normalized spacial score (nSPS) is 24.2. The van der Waals surface area contributed by atoms with Gasteiger partial charge in [0, 0.05) is 24.1 Å². The third-order valence-corrected chi connectivity index (χ3v) is 6.28. The van der Waals surface area contributed by atoms with E-state index in [9.17, 15) is 18.0 Å². The Hall–Kier alpha value is -2.68. The number of hydrogen-bond donors (Lipinski definition) is 0. The molecule has 1 aliphatic carbocycles. The first-order valence-corrected chi connectivity index (χ1v) is 10.6. The average Bonchev–Trinajstić information content (AvgIpc) is 3.55. The molecule has 9 heteroatoms. The number of carbonyl (C=O) groups is 1. The Morgan fingerprint density at radius 2 is 1.90 bits per heavy atom. The molecule has 2 atom stereocenters. The molecule has 1 amide bonds. The van der Waals surface area contributed by atoms with Crippen LogP contribution in [0.1, 0.15) is 59.6 Å². The standard InChI is InChI=1S/C22H23F3N4O2/c23-22(24,25)16-3-1-2-15(10-16)21(30)28-9-8-17-6-7-20(29(17)13-28)31-19-12-26-18(11-27-19)14-4-5-14/h1-3,10-12,14,17,20H,4-9,13H2/t17-,20-/m0/s1. The number of amides is 1. The Kier molecular flexibility index (Phi) is 5.08. The maximum absolute atomic E-state index is 13.0. The minimum absolute atomic E-state index is 0.0477. The van der Waals surface area contributed by atoms with Gasteiger partial charge in [-0.05, 0) is 50.3 Å². The third kappa shape index (κ3) is 4.23. The maximum atomic E-state index is 13.0. The van der Waals surface area contributed by atoms with E-state index in [1.54, 1.807) is 17.3 Å². The molecule has 1 saturated carbocycles. The smallest absolute Gasteiger partial charge is 0.416 e. The van der Waals surface area contributed by atoms with Gasteiger partial charge >= 0.3 is 6.18 Å². The Balaban J connectivity index is 1.27. The zero-order chi connectivity index (χ0) is 21.6. The highest BCUT2D eigenvalue weighted by Gasteiger charge is 2.40. The zero-order valence-corrected chi connectivity index (χ0v) is 16.9. The molecule has 1 aromatic carbocycles. The molecule has 0 spiro atoms. The second-order valence-corrected chi connectivity index (χ2v) is 8.45. The summed E-state index contributed by atoms with van der Waals surface area (Å²) in [5.74, 6) is 0.579. The van der Waals surface area contributed by atoms with Gasteiger partial charge in [-0.1, -0.05) is 6.07 Å². The summed E-state index contributed by atoms with van der Waals surface area (Å²) in [6.07, 6.45) is 3.53. The van der Waals surface area contributed by atoms with Crippen LogP contribution in [0.5, 0.6) is 5.88 Å². The van der Waals surface area contributed by atoms with Crippen LogP contribution >= 0.6 is 0 Å². The molecule has 31 heavy (non-hydrogen) atoms. The minimum atomic E-state index is -4.48. The van der Waals surface area contributed by atoms with E-state index < -0.39 is 17.6 Å². The number of hydrogen-bond acceptors (Lipinski definition) is 5. The van der Waals surface area contributed by atoms with E-state index >= 15 is 0 Å². The zero-order valence-electron chi connectivity index (χ0n) is 16.9. The van der Waals surface area contributed by atoms with Crippen molar-refractivity contribution in [2.75, 3.05) is 13.2 Å². The van der Waals surface area contributed by atoms with Crippen molar-refractivity contribution in [1.82, 2.24) is 19.8 Å². The Morgan fingerprint density at radius 3 is 2.61 bits per heavy atom. The molecule has 2 saturated heterocycles. The van der Waals surface area contributed by atoms with Crippen LogP contribution in [0.4, 0.5) is 13.2 Å². The molecule has 0 N–H and O–H groups in total. The molecule has 3 fully saturated rings. The van der Waals surface area contributed by atoms with Crippen molar-refractivity contribution in [2.45, 2.75) is 56.5 Å². The van der Waals surface area contributed by atoms with Gasteiger partial charge in [0.25, 0.3) is 5.91 Å². The van der Waals surface area contributed by atoms with E-state index in [2.05, 4.69) is 14.9 Å². The molecule has 1 aromatic heterocycles. The van der Waals surface area contributed by atoms with Gasteiger partial charge < -0.3 is 9.64 Å². The van der Waals surface area contributed by atoms with Crippen molar-refractivity contribution in [3.8, 4) is 5.88 Å². The van der Waals surface area contributed by atoms with Gasteiger partial charge in [-0.3, -0.25) is 9.78 Å². The minimum Gasteiger partial charge on any atom is -0.457 e. The lowest BCUT2D eigenvalue weighted by atomic mass is 10.1. The largest absolute Gasteiger partial charge is 0.457 e. The molecule has 0 unspecified atom stereocenters. The fourth-order valence-corrected chi connectivity index (χ4v) is 4.41. The predicted molar refractivity (Wildman–Crippen MR) is 105 cm³/mol. The van der Waals surface area contributed by atoms with Crippen LogP contribution in [-0.2, 0) is 6.18 Å². The van der Waals surface area contributed by atoms with Crippen LogP contribution in [-0.4, -0.2) is 51.2 Å². The van der Waals surface area contributed by atoms with Crippen LogP contribution in [0.2, 0.25) is 0 Å². The topological polar surface area (TPSA) is 58.6 Å². The monoisotopic (exact) mass is 432 g/mol. The summed E-state index contributed by atoms with van der Waals surface area (Å²) in [6, 6.07) is 4.88. The molecule has 6 nitrogen and oxygen atoms in total. The van der Waals surface area contributed by atoms with E-state index in [1.165, 1.54) is 12.1 Å². The van der Waals surface area contributed by atoms with Gasteiger partial charge in [0.05, 0.1) is 30.3 Å². The van der Waals surface area contributed by atoms with Crippen LogP contribution < -0.4 is 4.74 Å². The van der Waals surface area contributed by atoms with E-state index in [1.807, 2.05) is 0 Å². The van der Waals surface area contributed by atoms with Gasteiger partial charge in [-0.25, -0.2) is 9.88 Å². The second kappa shape index (κ2) is 7.78. The van der Waals surface area contributed by atoms with Crippen molar-refractivity contribution in [2.24, 2.45) is 0 Å². The lowest BCUT2D eigenvalue weighted by Gasteiger charge is -2.40. The van der Waals surface area contributed by atoms with Gasteiger partial charge in [-0.15, -0.1) is 0 Å². The number of rotatable bonds is 4. The van der Waals surface area contributed by atoms with Crippen molar-refractivity contribution in [3.05, 3.63) is 53.5 Å². The number of carbonyl (C=O) groups excluding carboxylic acids is 1. The third-order valence-electron chi connectivity index (χ3n) is 6.28. The van der Waals surface area contributed by atoms with Crippen LogP contribution in [0, 0.1) is 0 Å². The number of benzene rings is 1. The molecule has 0 bridgehead atoms. The first-order valence-electron chi connectivity index (χ1n) is 10.6. The van der Waals surface area contributed by atoms with Crippen molar-refractivity contribution in [1.29, 1.82) is 0 Å². The quantitative estimate of drug-likeness (QED) is 0.730. The SMILES string of the molecule is O=C(c1cccc(C(F)(F)F)c1)N1CC[C@@H]2CC[C@H](Oc3cnc(C4CC4)cn3)N2C1. The fourth-order valence-electron chi connectivity index (χ4n) is 4.41. The molecule has 164 valence electrons. The molecule has 2 aromatic rings. The molecule has 2 aliphatic heterocycles. The van der Waals surface area contributed by atoms with E-state index in [4.69, 9.17) is 4.74 Å². The molecule has 5 rings (SSSR count). The summed E-state index contributed by atoms with van der Waals surface area (Å²) in [4.78, 5) is 25.4. The Bertz CT molecular complexity index is 962. The summed E-state index contributed by atoms with van der Waals surface area (Å²) in [7, 11) is 0. The Labute approximate surface area is 178 Å². The summed E-state index contributed by atoms with van der Waals surface area (Å²) in [5.41, 5.74) is 0.225. The average molecular weight is 432 g/mol. The summed E-state index contributed by atoms with van der Waals surface area (Å²) in [6.45, 7) is 0.830. The van der Waals surface area contributed by atoms with Crippen molar-refractivity contribution >= 4 is 5.91 Å². The van der Waals surface area contributed by atoms with Crippen molar-refractivity contribution < 1.29 is 22.7 Å². The summed E-state index contributed by atoms with van der Waals surface area (Å²) < 4.78 is 45.1. The molecule has 0 radical (unpaired) electrons. The highest BCUT2D eigenvalue weighted by Crippen LogP contribution is 2.39. The fraction of sp³-hybridized carbons (Fsp3) is 0.500. The number of halogens is 3.